The number of likely N-dealkylation sites (tertiary alicyclic amines) is 1. The Morgan fingerprint density at radius 1 is 1.46 bits per heavy atom. The number of imidazole rings is 1. The van der Waals surface area contributed by atoms with E-state index in [-0.39, 0.29) is 30.7 Å². The molecule has 3 heterocycles. The zero-order chi connectivity index (χ0) is 15.5. The lowest BCUT2D eigenvalue weighted by atomic mass is 10.0. The summed E-state index contributed by atoms with van der Waals surface area (Å²) in [5.74, 6) is 1.09. The first-order valence-corrected chi connectivity index (χ1v) is 8.56. The van der Waals surface area contributed by atoms with Crippen LogP contribution in [0.1, 0.15) is 47.1 Å². The monoisotopic (exact) mass is 391 g/mol. The second-order valence-electron chi connectivity index (χ2n) is 5.48. The Labute approximate surface area is 158 Å². The molecule has 1 saturated heterocycles. The van der Waals surface area contributed by atoms with Crippen molar-refractivity contribution in [1.82, 2.24) is 19.4 Å². The Bertz CT molecular complexity index is 660. The number of rotatable bonds is 4. The Balaban J connectivity index is 0.00000144. The minimum atomic E-state index is 0. The number of hydrogen-bond acceptors (Lipinski definition) is 5. The van der Waals surface area contributed by atoms with Crippen LogP contribution >= 0.6 is 36.2 Å². The molecule has 1 unspecified atom stereocenters. The topological polar surface area (TPSA) is 77.0 Å². The van der Waals surface area contributed by atoms with Crippen LogP contribution in [0.2, 0.25) is 0 Å². The van der Waals surface area contributed by atoms with E-state index < -0.39 is 0 Å². The maximum absolute atomic E-state index is 12.6. The van der Waals surface area contributed by atoms with Crippen LogP contribution in [0.4, 0.5) is 0 Å². The number of thiazole rings is 1. The van der Waals surface area contributed by atoms with Gasteiger partial charge >= 0.3 is 0 Å². The van der Waals surface area contributed by atoms with Crippen molar-refractivity contribution in [2.24, 2.45) is 5.73 Å². The fourth-order valence-electron chi connectivity index (χ4n) is 2.98. The van der Waals surface area contributed by atoms with Gasteiger partial charge in [0, 0.05) is 43.8 Å². The molecular formula is C15H23Cl2N5OS. The molecule has 1 aliphatic heterocycles. The summed E-state index contributed by atoms with van der Waals surface area (Å²) in [5.41, 5.74) is 6.09. The SMILES string of the molecule is CCc1nccn1C1CCCN(C(=O)c2csc(CN)n2)C1.Cl.Cl. The van der Waals surface area contributed by atoms with Gasteiger partial charge in [-0.1, -0.05) is 6.92 Å². The van der Waals surface area contributed by atoms with Crippen LogP contribution in [0.15, 0.2) is 17.8 Å². The predicted molar refractivity (Wildman–Crippen MR) is 100 cm³/mol. The van der Waals surface area contributed by atoms with Crippen LogP contribution in [0.25, 0.3) is 0 Å². The number of nitrogens with zero attached hydrogens (tertiary/aromatic N) is 4. The lowest BCUT2D eigenvalue weighted by Crippen LogP contribution is -2.41. The van der Waals surface area contributed by atoms with Gasteiger partial charge < -0.3 is 15.2 Å². The van der Waals surface area contributed by atoms with Crippen molar-refractivity contribution in [1.29, 1.82) is 0 Å². The minimum Gasteiger partial charge on any atom is -0.335 e. The third-order valence-corrected chi connectivity index (χ3v) is 4.96. The highest BCUT2D eigenvalue weighted by Crippen LogP contribution is 2.24. The largest absolute Gasteiger partial charge is 0.335 e. The summed E-state index contributed by atoms with van der Waals surface area (Å²) in [6, 6.07) is 0.308. The summed E-state index contributed by atoms with van der Waals surface area (Å²) in [6.07, 6.45) is 6.85. The minimum absolute atomic E-state index is 0. The summed E-state index contributed by atoms with van der Waals surface area (Å²) >= 11 is 1.45. The summed E-state index contributed by atoms with van der Waals surface area (Å²) < 4.78 is 2.21. The third-order valence-electron chi connectivity index (χ3n) is 4.09. The van der Waals surface area contributed by atoms with E-state index in [9.17, 15) is 4.79 Å². The van der Waals surface area contributed by atoms with Crippen molar-refractivity contribution in [2.75, 3.05) is 13.1 Å². The maximum Gasteiger partial charge on any atom is 0.273 e. The molecule has 0 radical (unpaired) electrons. The summed E-state index contributed by atoms with van der Waals surface area (Å²) in [4.78, 5) is 23.2. The van der Waals surface area contributed by atoms with Gasteiger partial charge in [0.2, 0.25) is 0 Å². The number of halogens is 2. The van der Waals surface area contributed by atoms with Crippen LogP contribution in [0.5, 0.6) is 0 Å². The first-order valence-electron chi connectivity index (χ1n) is 7.68. The molecule has 2 aromatic rings. The molecule has 1 amide bonds. The van der Waals surface area contributed by atoms with Crippen molar-refractivity contribution < 1.29 is 4.79 Å². The average molecular weight is 392 g/mol. The number of aryl methyl sites for hydroxylation is 1. The third kappa shape index (κ3) is 4.27. The fourth-order valence-corrected chi connectivity index (χ4v) is 3.63. The van der Waals surface area contributed by atoms with Gasteiger partial charge in [-0.3, -0.25) is 4.79 Å². The number of nitrogens with two attached hydrogens (primary N) is 1. The van der Waals surface area contributed by atoms with E-state index in [0.29, 0.717) is 18.3 Å². The summed E-state index contributed by atoms with van der Waals surface area (Å²) in [6.45, 7) is 4.00. The van der Waals surface area contributed by atoms with E-state index in [2.05, 4.69) is 21.5 Å². The Kier molecular flexibility index (Phi) is 8.15. The van der Waals surface area contributed by atoms with Gasteiger partial charge in [0.15, 0.2) is 0 Å². The van der Waals surface area contributed by atoms with Crippen LogP contribution in [-0.4, -0.2) is 38.4 Å². The Hall–Kier alpha value is -1.15. The molecule has 0 bridgehead atoms. The molecule has 9 heteroatoms. The van der Waals surface area contributed by atoms with Gasteiger partial charge in [-0.2, -0.15) is 0 Å². The number of carbonyl (C=O) groups excluding carboxylic acids is 1. The first kappa shape index (κ1) is 20.9. The molecule has 3 rings (SSSR count). The number of hydrogen-bond donors (Lipinski definition) is 1. The summed E-state index contributed by atoms with van der Waals surface area (Å²) in [5, 5.41) is 2.61. The lowest BCUT2D eigenvalue weighted by molar-refractivity contribution is 0.0672. The fraction of sp³-hybridized carbons (Fsp3) is 0.533. The average Bonchev–Trinajstić information content (AvgIpc) is 3.23. The van der Waals surface area contributed by atoms with E-state index in [4.69, 9.17) is 5.73 Å². The molecule has 134 valence electrons. The van der Waals surface area contributed by atoms with Crippen molar-refractivity contribution in [3.8, 4) is 0 Å². The van der Waals surface area contributed by atoms with Crippen molar-refractivity contribution in [3.63, 3.8) is 0 Å². The molecule has 1 fully saturated rings. The van der Waals surface area contributed by atoms with E-state index in [1.165, 1.54) is 11.3 Å². The molecule has 0 spiro atoms. The standard InChI is InChI=1S/C15H21N5OS.2ClH/c1-2-13-17-5-7-20(13)11-4-3-6-19(9-11)15(21)12-10-22-14(8-16)18-12;;/h5,7,10-11H,2-4,6,8-9,16H2,1H3;2*1H. The smallest absolute Gasteiger partial charge is 0.273 e. The molecule has 2 aromatic heterocycles. The van der Waals surface area contributed by atoms with Crippen molar-refractivity contribution >= 4 is 42.1 Å². The maximum atomic E-state index is 12.6. The highest BCUT2D eigenvalue weighted by molar-refractivity contribution is 7.09. The number of aromatic nitrogens is 3. The zero-order valence-corrected chi connectivity index (χ0v) is 16.0. The second-order valence-corrected chi connectivity index (χ2v) is 6.42. The molecule has 0 aromatic carbocycles. The van der Waals surface area contributed by atoms with E-state index in [1.807, 2.05) is 22.7 Å². The molecular weight excluding hydrogens is 369 g/mol. The van der Waals surface area contributed by atoms with Crippen LogP contribution in [0.3, 0.4) is 0 Å². The normalized spacial score (nSPS) is 17.1. The quantitative estimate of drug-likeness (QED) is 0.868. The molecule has 24 heavy (non-hydrogen) atoms. The van der Waals surface area contributed by atoms with Gasteiger partial charge in [0.1, 0.15) is 16.5 Å². The highest BCUT2D eigenvalue weighted by Gasteiger charge is 2.27. The molecule has 0 aliphatic carbocycles. The number of carbonyl (C=O) groups is 1. The van der Waals surface area contributed by atoms with Crippen LogP contribution in [-0.2, 0) is 13.0 Å². The van der Waals surface area contributed by atoms with Crippen LogP contribution in [0, 0.1) is 0 Å². The van der Waals surface area contributed by atoms with E-state index in [0.717, 1.165) is 43.2 Å². The van der Waals surface area contributed by atoms with Crippen LogP contribution < -0.4 is 5.73 Å². The van der Waals surface area contributed by atoms with E-state index in [1.54, 1.807) is 0 Å². The van der Waals surface area contributed by atoms with Crippen molar-refractivity contribution in [3.05, 3.63) is 34.3 Å². The number of amides is 1. The van der Waals surface area contributed by atoms with Gasteiger partial charge in [0.25, 0.3) is 5.91 Å². The van der Waals surface area contributed by atoms with Gasteiger partial charge in [-0.05, 0) is 12.8 Å². The zero-order valence-electron chi connectivity index (χ0n) is 13.6. The predicted octanol–water partition coefficient (Wildman–Crippen LogP) is 2.68. The van der Waals surface area contributed by atoms with Gasteiger partial charge in [0.05, 0.1) is 6.04 Å². The first-order chi connectivity index (χ1) is 10.7. The van der Waals surface area contributed by atoms with Crippen molar-refractivity contribution in [2.45, 2.75) is 38.8 Å². The second kappa shape index (κ2) is 9.36. The van der Waals surface area contributed by atoms with E-state index >= 15 is 0 Å². The lowest BCUT2D eigenvalue weighted by Gasteiger charge is -2.33. The summed E-state index contributed by atoms with van der Waals surface area (Å²) in [7, 11) is 0. The molecule has 6 nitrogen and oxygen atoms in total. The van der Waals surface area contributed by atoms with Gasteiger partial charge in [-0.25, -0.2) is 9.97 Å². The Morgan fingerprint density at radius 2 is 2.25 bits per heavy atom. The Morgan fingerprint density at radius 3 is 2.92 bits per heavy atom. The molecule has 1 atom stereocenters. The van der Waals surface area contributed by atoms with Gasteiger partial charge in [-0.15, -0.1) is 36.2 Å². The molecule has 2 N–H and O–H groups in total. The molecule has 1 aliphatic rings. The molecule has 0 saturated carbocycles. The number of piperidine rings is 1. The highest BCUT2D eigenvalue weighted by atomic mass is 35.5.